The van der Waals surface area contributed by atoms with Gasteiger partial charge in [0.2, 0.25) is 15.7 Å². The van der Waals surface area contributed by atoms with Crippen LogP contribution in [0, 0.1) is 16.7 Å². The molecule has 0 spiro atoms. The molecule has 2 rings (SSSR count). The minimum absolute atomic E-state index is 0.137. The first-order valence-corrected chi connectivity index (χ1v) is 8.97. The second-order valence-electron chi connectivity index (χ2n) is 5.37. The van der Waals surface area contributed by atoms with Crippen LogP contribution < -0.4 is 11.2 Å². The number of hydrazone groups is 1. The molecule has 0 unspecified atom stereocenters. The van der Waals surface area contributed by atoms with E-state index in [9.17, 15) is 8.42 Å². The molecule has 9 heteroatoms. The molecule has 0 saturated heterocycles. The van der Waals surface area contributed by atoms with E-state index in [0.717, 1.165) is 5.56 Å². The number of amidine groups is 1. The van der Waals surface area contributed by atoms with E-state index in [1.165, 1.54) is 35.6 Å². The van der Waals surface area contributed by atoms with Crippen LogP contribution in [0.4, 0.5) is 5.69 Å². The number of nitrogens with two attached hydrogens (primary N) is 1. The van der Waals surface area contributed by atoms with Crippen LogP contribution in [0.25, 0.3) is 0 Å². The van der Waals surface area contributed by atoms with Gasteiger partial charge < -0.3 is 5.73 Å². The SMILES string of the molecule is CN(Cc1ccccc1)S(=O)(=O)c1ccc(N/N=C(\C#N)C(=N)N)cc1. The van der Waals surface area contributed by atoms with E-state index in [-0.39, 0.29) is 17.2 Å². The lowest BCUT2D eigenvalue weighted by molar-refractivity contribution is 0.467. The molecule has 0 aliphatic rings. The molecule has 0 heterocycles. The van der Waals surface area contributed by atoms with Crippen molar-refractivity contribution >= 4 is 27.3 Å². The van der Waals surface area contributed by atoms with Gasteiger partial charge >= 0.3 is 0 Å². The van der Waals surface area contributed by atoms with Gasteiger partial charge in [-0.15, -0.1) is 0 Å². The lowest BCUT2D eigenvalue weighted by atomic mass is 10.2. The quantitative estimate of drug-likeness (QED) is 0.387. The zero-order chi connectivity index (χ0) is 19.2. The Kier molecular flexibility index (Phi) is 6.06. The third-order valence-corrected chi connectivity index (χ3v) is 5.29. The highest BCUT2D eigenvalue weighted by molar-refractivity contribution is 7.89. The van der Waals surface area contributed by atoms with Gasteiger partial charge in [0.1, 0.15) is 6.07 Å². The molecule has 0 fully saturated rings. The number of anilines is 1. The standard InChI is InChI=1S/C17H18N6O2S/c1-23(12-13-5-3-2-4-6-13)26(24,25)15-9-7-14(8-10-15)21-22-16(11-18)17(19)20/h2-10,21H,12H2,1H3,(H3,19,20)/b22-16+. The Balaban J connectivity index is 2.13. The summed E-state index contributed by atoms with van der Waals surface area (Å²) in [5, 5.41) is 19.6. The molecule has 0 aliphatic heterocycles. The smallest absolute Gasteiger partial charge is 0.243 e. The predicted octanol–water partition coefficient (Wildman–Crippen LogP) is 1.73. The maximum absolute atomic E-state index is 12.6. The maximum Gasteiger partial charge on any atom is 0.243 e. The summed E-state index contributed by atoms with van der Waals surface area (Å²) in [5.74, 6) is -0.457. The fourth-order valence-corrected chi connectivity index (χ4v) is 3.23. The summed E-state index contributed by atoms with van der Waals surface area (Å²) in [6.45, 7) is 0.262. The van der Waals surface area contributed by atoms with E-state index in [1.807, 2.05) is 30.3 Å². The second kappa shape index (κ2) is 8.24. The van der Waals surface area contributed by atoms with Crippen molar-refractivity contribution in [1.29, 1.82) is 10.7 Å². The monoisotopic (exact) mass is 370 g/mol. The minimum atomic E-state index is -3.64. The van der Waals surface area contributed by atoms with Gasteiger partial charge in [0, 0.05) is 13.6 Å². The predicted molar refractivity (Wildman–Crippen MR) is 100 cm³/mol. The molecule has 2 aromatic carbocycles. The Labute approximate surface area is 152 Å². The van der Waals surface area contributed by atoms with Gasteiger partial charge in [-0.2, -0.15) is 14.7 Å². The minimum Gasteiger partial charge on any atom is -0.382 e. The van der Waals surface area contributed by atoms with Crippen LogP contribution in [0.15, 0.2) is 64.6 Å². The van der Waals surface area contributed by atoms with Crippen molar-refractivity contribution in [2.45, 2.75) is 11.4 Å². The van der Waals surface area contributed by atoms with Crippen LogP contribution in [0.1, 0.15) is 5.56 Å². The molecule has 0 aliphatic carbocycles. The summed E-state index contributed by atoms with van der Waals surface area (Å²) in [6, 6.07) is 16.9. The van der Waals surface area contributed by atoms with Gasteiger partial charge in [0.05, 0.1) is 10.6 Å². The number of nitrogens with one attached hydrogen (secondary N) is 2. The van der Waals surface area contributed by atoms with E-state index >= 15 is 0 Å². The Hall–Kier alpha value is -3.22. The molecule has 0 atom stereocenters. The van der Waals surface area contributed by atoms with E-state index < -0.39 is 15.9 Å². The molecule has 0 saturated carbocycles. The summed E-state index contributed by atoms with van der Waals surface area (Å²) >= 11 is 0. The number of nitrogens with zero attached hydrogens (tertiary/aromatic N) is 3. The summed E-state index contributed by atoms with van der Waals surface area (Å²) in [4.78, 5) is 0.137. The van der Waals surface area contributed by atoms with Crippen LogP contribution in [0.2, 0.25) is 0 Å². The number of nitriles is 1. The molecule has 134 valence electrons. The lowest BCUT2D eigenvalue weighted by Gasteiger charge is -2.17. The third kappa shape index (κ3) is 4.66. The fourth-order valence-electron chi connectivity index (χ4n) is 2.07. The average Bonchev–Trinajstić information content (AvgIpc) is 2.63. The molecular weight excluding hydrogens is 352 g/mol. The van der Waals surface area contributed by atoms with E-state index in [4.69, 9.17) is 16.4 Å². The van der Waals surface area contributed by atoms with Crippen LogP contribution in [0.5, 0.6) is 0 Å². The molecule has 0 radical (unpaired) electrons. The molecule has 2 aromatic rings. The van der Waals surface area contributed by atoms with Gasteiger partial charge in [-0.05, 0) is 29.8 Å². The summed E-state index contributed by atoms with van der Waals surface area (Å²) in [6.07, 6.45) is 0. The Morgan fingerprint density at radius 1 is 1.23 bits per heavy atom. The highest BCUT2D eigenvalue weighted by Gasteiger charge is 2.20. The van der Waals surface area contributed by atoms with E-state index in [2.05, 4.69) is 10.5 Å². The molecule has 4 N–H and O–H groups in total. The number of sulfonamides is 1. The first kappa shape index (κ1) is 19.1. The number of hydrogen-bond acceptors (Lipinski definition) is 6. The van der Waals surface area contributed by atoms with Crippen LogP contribution in [-0.4, -0.2) is 31.3 Å². The Morgan fingerprint density at radius 2 is 1.85 bits per heavy atom. The maximum atomic E-state index is 12.6. The van der Waals surface area contributed by atoms with Crippen molar-refractivity contribution in [3.8, 4) is 6.07 Å². The Morgan fingerprint density at radius 3 is 2.38 bits per heavy atom. The number of benzene rings is 2. The average molecular weight is 370 g/mol. The molecule has 8 nitrogen and oxygen atoms in total. The topological polar surface area (TPSA) is 135 Å². The van der Waals surface area contributed by atoms with E-state index in [0.29, 0.717) is 5.69 Å². The first-order valence-electron chi connectivity index (χ1n) is 7.53. The summed E-state index contributed by atoms with van der Waals surface area (Å²) < 4.78 is 26.5. The van der Waals surface area contributed by atoms with Crippen LogP contribution in [0.3, 0.4) is 0 Å². The summed E-state index contributed by atoms with van der Waals surface area (Å²) in [5.41, 5.74) is 8.85. The highest BCUT2D eigenvalue weighted by atomic mass is 32.2. The van der Waals surface area contributed by atoms with Crippen LogP contribution >= 0.6 is 0 Å². The normalized spacial score (nSPS) is 11.8. The number of rotatable bonds is 7. The first-order chi connectivity index (χ1) is 12.3. The van der Waals surface area contributed by atoms with Gasteiger partial charge in [0.15, 0.2) is 5.84 Å². The second-order valence-corrected chi connectivity index (χ2v) is 7.41. The van der Waals surface area contributed by atoms with Crippen LogP contribution in [-0.2, 0) is 16.6 Å². The third-order valence-electron chi connectivity index (χ3n) is 3.47. The zero-order valence-corrected chi connectivity index (χ0v) is 14.9. The van der Waals surface area contributed by atoms with E-state index in [1.54, 1.807) is 6.07 Å². The van der Waals surface area contributed by atoms with Gasteiger partial charge in [-0.3, -0.25) is 10.8 Å². The van der Waals surface area contributed by atoms with Crippen molar-refractivity contribution in [2.75, 3.05) is 12.5 Å². The van der Waals surface area contributed by atoms with Crippen molar-refractivity contribution in [2.24, 2.45) is 10.8 Å². The molecule has 26 heavy (non-hydrogen) atoms. The van der Waals surface area contributed by atoms with Gasteiger partial charge in [0.25, 0.3) is 0 Å². The molecule has 0 amide bonds. The zero-order valence-electron chi connectivity index (χ0n) is 14.0. The van der Waals surface area contributed by atoms with Crippen molar-refractivity contribution < 1.29 is 8.42 Å². The molecular formula is C17H18N6O2S. The van der Waals surface area contributed by atoms with Gasteiger partial charge in [-0.1, -0.05) is 30.3 Å². The number of hydrogen-bond donors (Lipinski definition) is 3. The fraction of sp³-hybridized carbons (Fsp3) is 0.118. The van der Waals surface area contributed by atoms with Crippen molar-refractivity contribution in [3.05, 3.63) is 60.2 Å². The summed E-state index contributed by atoms with van der Waals surface area (Å²) in [7, 11) is -2.12. The van der Waals surface area contributed by atoms with Crippen molar-refractivity contribution in [1.82, 2.24) is 4.31 Å². The molecule has 0 bridgehead atoms. The largest absolute Gasteiger partial charge is 0.382 e. The molecule has 0 aromatic heterocycles. The van der Waals surface area contributed by atoms with Crippen molar-refractivity contribution in [3.63, 3.8) is 0 Å². The highest BCUT2D eigenvalue weighted by Crippen LogP contribution is 2.19. The Bertz CT molecular complexity index is 947. The van der Waals surface area contributed by atoms with Gasteiger partial charge in [-0.25, -0.2) is 8.42 Å². The lowest BCUT2D eigenvalue weighted by Crippen LogP contribution is -2.26.